The Labute approximate surface area is 138 Å². The van der Waals surface area contributed by atoms with E-state index in [0.29, 0.717) is 18.3 Å². The molecule has 0 aliphatic heterocycles. The summed E-state index contributed by atoms with van der Waals surface area (Å²) in [5.41, 5.74) is 0.934. The Balaban J connectivity index is 1.55. The molecule has 1 heterocycles. The highest BCUT2D eigenvalue weighted by atomic mass is 32.2. The molecule has 0 radical (unpaired) electrons. The standard InChI is InChI=1S/C15H18N4OS2/c1-2-19(12-6-4-3-5-7-12)13(20)10-21-15-18-17-14(22-15)16-11-8-9-11/h3-7,11H,2,8-10H2,1H3,(H,16,17). The SMILES string of the molecule is CCN(C(=O)CSc1nnc(NC2CC2)s1)c1ccccc1. The van der Waals surface area contributed by atoms with Crippen LogP contribution in [0, 0.1) is 0 Å². The Hall–Kier alpha value is -1.60. The summed E-state index contributed by atoms with van der Waals surface area (Å²) < 4.78 is 0.834. The zero-order chi connectivity index (χ0) is 15.4. The van der Waals surface area contributed by atoms with Gasteiger partial charge in [0, 0.05) is 18.3 Å². The van der Waals surface area contributed by atoms with Gasteiger partial charge in [-0.3, -0.25) is 4.79 Å². The number of hydrogen-bond acceptors (Lipinski definition) is 6. The summed E-state index contributed by atoms with van der Waals surface area (Å²) in [5, 5.41) is 12.4. The average molecular weight is 334 g/mol. The molecule has 0 spiro atoms. The second kappa shape index (κ2) is 7.11. The van der Waals surface area contributed by atoms with E-state index in [4.69, 9.17) is 0 Å². The number of hydrogen-bond donors (Lipinski definition) is 1. The molecule has 1 N–H and O–H groups in total. The maximum atomic E-state index is 12.4. The summed E-state index contributed by atoms with van der Waals surface area (Å²) in [6.45, 7) is 2.65. The lowest BCUT2D eigenvalue weighted by Gasteiger charge is -2.20. The van der Waals surface area contributed by atoms with Gasteiger partial charge in [-0.2, -0.15) is 0 Å². The maximum absolute atomic E-state index is 12.4. The van der Waals surface area contributed by atoms with Crippen LogP contribution >= 0.6 is 23.1 Å². The Bertz CT molecular complexity index is 627. The number of para-hydroxylation sites is 1. The first kappa shape index (κ1) is 15.3. The number of benzene rings is 1. The van der Waals surface area contributed by atoms with Crippen LogP contribution in [-0.2, 0) is 4.79 Å². The molecule has 0 atom stereocenters. The van der Waals surface area contributed by atoms with E-state index in [-0.39, 0.29) is 5.91 Å². The summed E-state index contributed by atoms with van der Waals surface area (Å²) >= 11 is 2.97. The summed E-state index contributed by atoms with van der Waals surface area (Å²) in [6, 6.07) is 10.3. The number of nitrogens with zero attached hydrogens (tertiary/aromatic N) is 3. The number of nitrogens with one attached hydrogen (secondary N) is 1. The van der Waals surface area contributed by atoms with E-state index in [0.717, 1.165) is 15.2 Å². The van der Waals surface area contributed by atoms with Crippen LogP contribution in [0.5, 0.6) is 0 Å². The number of rotatable bonds is 7. The fourth-order valence-corrected chi connectivity index (χ4v) is 3.75. The molecule has 1 saturated carbocycles. The van der Waals surface area contributed by atoms with Crippen molar-refractivity contribution in [3.8, 4) is 0 Å². The van der Waals surface area contributed by atoms with E-state index >= 15 is 0 Å². The van der Waals surface area contributed by atoms with Crippen molar-refractivity contribution in [2.24, 2.45) is 0 Å². The van der Waals surface area contributed by atoms with Gasteiger partial charge in [0.1, 0.15) is 0 Å². The van der Waals surface area contributed by atoms with Crippen LogP contribution in [0.2, 0.25) is 0 Å². The van der Waals surface area contributed by atoms with E-state index in [2.05, 4.69) is 15.5 Å². The van der Waals surface area contributed by atoms with Gasteiger partial charge in [-0.15, -0.1) is 10.2 Å². The highest BCUT2D eigenvalue weighted by Gasteiger charge is 2.22. The zero-order valence-corrected chi connectivity index (χ0v) is 14.0. The summed E-state index contributed by atoms with van der Waals surface area (Å²) in [4.78, 5) is 14.2. The van der Waals surface area contributed by atoms with Gasteiger partial charge in [-0.1, -0.05) is 41.3 Å². The van der Waals surface area contributed by atoms with Crippen molar-refractivity contribution < 1.29 is 4.79 Å². The van der Waals surface area contributed by atoms with Gasteiger partial charge >= 0.3 is 0 Å². The van der Waals surface area contributed by atoms with E-state index in [1.165, 1.54) is 35.9 Å². The van der Waals surface area contributed by atoms with Crippen LogP contribution in [0.15, 0.2) is 34.7 Å². The molecule has 1 amide bonds. The molecule has 1 aliphatic rings. The smallest absolute Gasteiger partial charge is 0.237 e. The van der Waals surface area contributed by atoms with Crippen molar-refractivity contribution in [2.45, 2.75) is 30.1 Å². The summed E-state index contributed by atoms with van der Waals surface area (Å²) in [6.07, 6.45) is 2.42. The Morgan fingerprint density at radius 3 is 2.82 bits per heavy atom. The van der Waals surface area contributed by atoms with Crippen molar-refractivity contribution in [1.82, 2.24) is 10.2 Å². The van der Waals surface area contributed by atoms with Crippen LogP contribution in [0.3, 0.4) is 0 Å². The number of aromatic nitrogens is 2. The number of thioether (sulfide) groups is 1. The van der Waals surface area contributed by atoms with Crippen LogP contribution in [0.4, 0.5) is 10.8 Å². The third-order valence-corrected chi connectivity index (χ3v) is 5.29. The number of carbonyl (C=O) groups is 1. The Morgan fingerprint density at radius 1 is 1.36 bits per heavy atom. The van der Waals surface area contributed by atoms with Gasteiger partial charge in [-0.25, -0.2) is 0 Å². The molecule has 0 saturated heterocycles. The molecule has 0 unspecified atom stereocenters. The molecule has 7 heteroatoms. The molecular weight excluding hydrogens is 316 g/mol. The fourth-order valence-electron chi connectivity index (χ4n) is 2.04. The van der Waals surface area contributed by atoms with Crippen molar-refractivity contribution in [3.63, 3.8) is 0 Å². The molecule has 1 aromatic heterocycles. The zero-order valence-electron chi connectivity index (χ0n) is 12.4. The topological polar surface area (TPSA) is 58.1 Å². The van der Waals surface area contributed by atoms with E-state index in [1.54, 1.807) is 4.90 Å². The quantitative estimate of drug-likeness (QED) is 0.788. The summed E-state index contributed by atoms with van der Waals surface area (Å²) in [5.74, 6) is 0.464. The lowest BCUT2D eigenvalue weighted by molar-refractivity contribution is -0.116. The minimum atomic E-state index is 0.0885. The molecule has 5 nitrogen and oxygen atoms in total. The van der Waals surface area contributed by atoms with Crippen LogP contribution in [0.25, 0.3) is 0 Å². The third-order valence-electron chi connectivity index (χ3n) is 3.32. The van der Waals surface area contributed by atoms with Gasteiger partial charge in [0.2, 0.25) is 11.0 Å². The van der Waals surface area contributed by atoms with E-state index < -0.39 is 0 Å². The number of amides is 1. The fraction of sp³-hybridized carbons (Fsp3) is 0.400. The van der Waals surface area contributed by atoms with Gasteiger partial charge in [0.25, 0.3) is 0 Å². The van der Waals surface area contributed by atoms with Crippen molar-refractivity contribution in [3.05, 3.63) is 30.3 Å². The maximum Gasteiger partial charge on any atom is 0.237 e. The van der Waals surface area contributed by atoms with Crippen molar-refractivity contribution >= 4 is 39.8 Å². The molecule has 1 aliphatic carbocycles. The second-order valence-electron chi connectivity index (χ2n) is 5.05. The first-order valence-corrected chi connectivity index (χ1v) is 9.14. The molecule has 3 rings (SSSR count). The van der Waals surface area contributed by atoms with Gasteiger partial charge in [0.15, 0.2) is 4.34 Å². The minimum Gasteiger partial charge on any atom is -0.357 e. The third kappa shape index (κ3) is 3.98. The first-order chi connectivity index (χ1) is 10.8. The Morgan fingerprint density at radius 2 is 2.14 bits per heavy atom. The predicted octanol–water partition coefficient (Wildman–Crippen LogP) is 3.26. The Kier molecular flexibility index (Phi) is 4.94. The number of carbonyl (C=O) groups excluding carboxylic acids is 1. The second-order valence-corrected chi connectivity index (χ2v) is 7.25. The van der Waals surface area contributed by atoms with Gasteiger partial charge in [0.05, 0.1) is 5.75 Å². The largest absolute Gasteiger partial charge is 0.357 e. The monoisotopic (exact) mass is 334 g/mol. The first-order valence-electron chi connectivity index (χ1n) is 7.34. The number of anilines is 2. The highest BCUT2D eigenvalue weighted by Crippen LogP contribution is 2.30. The molecule has 1 aromatic carbocycles. The molecule has 116 valence electrons. The van der Waals surface area contributed by atoms with E-state index in [1.807, 2.05) is 37.3 Å². The highest BCUT2D eigenvalue weighted by molar-refractivity contribution is 8.01. The molecular formula is C15H18N4OS2. The molecule has 2 aromatic rings. The lowest BCUT2D eigenvalue weighted by Crippen LogP contribution is -2.32. The predicted molar refractivity (Wildman–Crippen MR) is 91.7 cm³/mol. The molecule has 1 fully saturated rings. The van der Waals surface area contributed by atoms with Crippen LogP contribution in [-0.4, -0.2) is 34.4 Å². The van der Waals surface area contributed by atoms with E-state index in [9.17, 15) is 4.79 Å². The van der Waals surface area contributed by atoms with Crippen LogP contribution < -0.4 is 10.2 Å². The lowest BCUT2D eigenvalue weighted by atomic mass is 10.3. The van der Waals surface area contributed by atoms with Gasteiger partial charge < -0.3 is 10.2 Å². The average Bonchev–Trinajstić information content (AvgIpc) is 3.24. The normalized spacial score (nSPS) is 13.9. The van der Waals surface area contributed by atoms with Gasteiger partial charge in [-0.05, 0) is 31.9 Å². The minimum absolute atomic E-state index is 0.0885. The summed E-state index contributed by atoms with van der Waals surface area (Å²) in [7, 11) is 0. The molecule has 0 bridgehead atoms. The van der Waals surface area contributed by atoms with Crippen LogP contribution in [0.1, 0.15) is 19.8 Å². The van der Waals surface area contributed by atoms with Crippen molar-refractivity contribution in [1.29, 1.82) is 0 Å². The van der Waals surface area contributed by atoms with Crippen molar-refractivity contribution in [2.75, 3.05) is 22.5 Å². The molecule has 22 heavy (non-hydrogen) atoms.